The van der Waals surface area contributed by atoms with Crippen molar-refractivity contribution < 1.29 is 13.5 Å². The predicted octanol–water partition coefficient (Wildman–Crippen LogP) is 2.74. The number of hydrazine groups is 1. The zero-order chi connectivity index (χ0) is 23.4. The van der Waals surface area contributed by atoms with E-state index in [0.717, 1.165) is 35.5 Å². The summed E-state index contributed by atoms with van der Waals surface area (Å²) in [5.74, 6) is 9.19. The predicted molar refractivity (Wildman–Crippen MR) is 124 cm³/mol. The number of nitrogens with zero attached hydrogens (tertiary/aromatic N) is 3. The number of amidine groups is 1. The Morgan fingerprint density at radius 3 is 2.61 bits per heavy atom. The topological polar surface area (TPSA) is 128 Å². The number of hydrogen-bond donors (Lipinski definition) is 4. The molecule has 1 aliphatic rings. The highest BCUT2D eigenvalue weighted by molar-refractivity contribution is 6.12. The number of nitrogens with one attached hydrogen (secondary N) is 1. The van der Waals surface area contributed by atoms with E-state index in [0.29, 0.717) is 6.54 Å². The van der Waals surface area contributed by atoms with Crippen molar-refractivity contribution in [1.29, 1.82) is 0 Å². The van der Waals surface area contributed by atoms with Gasteiger partial charge in [0.25, 0.3) is 0 Å². The van der Waals surface area contributed by atoms with Crippen LogP contribution < -0.4 is 32.5 Å². The average molecular weight is 453 g/mol. The Labute approximate surface area is 190 Å². The molecule has 0 aliphatic carbocycles. The summed E-state index contributed by atoms with van der Waals surface area (Å²) in [6.07, 6.45) is 3.01. The summed E-state index contributed by atoms with van der Waals surface area (Å²) in [6.45, 7) is 1.45. The molecule has 3 aromatic rings. The number of ether oxygens (including phenoxy) is 1. The van der Waals surface area contributed by atoms with E-state index in [9.17, 15) is 8.78 Å². The first-order valence-electron chi connectivity index (χ1n) is 10.5. The van der Waals surface area contributed by atoms with E-state index in [2.05, 4.69) is 15.4 Å². The molecule has 172 valence electrons. The fourth-order valence-corrected chi connectivity index (χ4v) is 3.72. The monoisotopic (exact) mass is 453 g/mol. The first-order chi connectivity index (χ1) is 16.0. The molecule has 1 fully saturated rings. The second kappa shape index (κ2) is 9.80. The van der Waals surface area contributed by atoms with Crippen LogP contribution >= 0.6 is 0 Å². The third-order valence-electron chi connectivity index (χ3n) is 5.45. The van der Waals surface area contributed by atoms with Gasteiger partial charge in [-0.15, -0.1) is 0 Å². The highest BCUT2D eigenvalue weighted by Crippen LogP contribution is 2.30. The molecule has 0 spiro atoms. The van der Waals surface area contributed by atoms with Gasteiger partial charge in [-0.1, -0.05) is 30.3 Å². The van der Waals surface area contributed by atoms with Crippen molar-refractivity contribution in [3.8, 4) is 16.9 Å². The molecule has 1 atom stereocenters. The van der Waals surface area contributed by atoms with E-state index in [1.54, 1.807) is 12.3 Å². The fraction of sp³-hybridized carbons (Fsp3) is 0.217. The molecule has 10 heteroatoms. The molecule has 2 heterocycles. The third-order valence-corrected chi connectivity index (χ3v) is 5.45. The lowest BCUT2D eigenvalue weighted by Gasteiger charge is -2.25. The van der Waals surface area contributed by atoms with Gasteiger partial charge in [-0.05, 0) is 43.1 Å². The summed E-state index contributed by atoms with van der Waals surface area (Å²) in [5, 5.41) is 7.69. The third kappa shape index (κ3) is 4.71. The highest BCUT2D eigenvalue weighted by atomic mass is 19.2. The number of rotatable bonds is 5. The SMILES string of the molecule is N/N=C(/c1cc(-c2ccccc2)cnc1N)N(N)c1ccc(OC2CCCNC2)c(F)c1F. The molecule has 1 unspecified atom stereocenters. The Kier molecular flexibility index (Phi) is 6.66. The lowest BCUT2D eigenvalue weighted by Crippen LogP contribution is -2.40. The minimum Gasteiger partial charge on any atom is -0.486 e. The molecule has 4 rings (SSSR count). The fourth-order valence-electron chi connectivity index (χ4n) is 3.72. The summed E-state index contributed by atoms with van der Waals surface area (Å²) < 4.78 is 35.4. The van der Waals surface area contributed by atoms with Crippen molar-refractivity contribution >= 4 is 17.3 Å². The summed E-state index contributed by atoms with van der Waals surface area (Å²) in [5.41, 5.74) is 7.63. The molecule has 2 aromatic carbocycles. The molecule has 1 aromatic heterocycles. The number of piperidine rings is 1. The van der Waals surface area contributed by atoms with E-state index in [-0.39, 0.29) is 34.8 Å². The average Bonchev–Trinajstić information content (AvgIpc) is 2.85. The first kappa shape index (κ1) is 22.4. The van der Waals surface area contributed by atoms with Crippen molar-refractivity contribution in [1.82, 2.24) is 10.3 Å². The Bertz CT molecular complexity index is 1150. The first-order valence-corrected chi connectivity index (χ1v) is 10.5. The van der Waals surface area contributed by atoms with E-state index in [1.807, 2.05) is 30.3 Å². The standard InChI is InChI=1S/C23H25F2N7O/c24-20-18(8-9-19(21(20)25)33-16-7-4-10-29-13-16)32(28)23(31-27)17-11-15(12-30-22(17)26)14-5-2-1-3-6-14/h1-3,5-6,8-9,11-12,16,29H,4,7,10,13,27-28H2,(H2,26,30)/b31-23-. The maximum Gasteiger partial charge on any atom is 0.202 e. The number of halogens is 2. The number of hydrogen-bond acceptors (Lipinski definition) is 7. The van der Waals surface area contributed by atoms with Gasteiger partial charge in [-0.25, -0.2) is 15.2 Å². The van der Waals surface area contributed by atoms with Gasteiger partial charge in [-0.2, -0.15) is 9.49 Å². The Balaban J connectivity index is 1.64. The molecule has 0 radical (unpaired) electrons. The molecule has 0 bridgehead atoms. The largest absolute Gasteiger partial charge is 0.486 e. The second-order valence-corrected chi connectivity index (χ2v) is 7.64. The Hall–Kier alpha value is -3.76. The van der Waals surface area contributed by atoms with E-state index < -0.39 is 11.6 Å². The smallest absolute Gasteiger partial charge is 0.202 e. The number of nitrogens with two attached hydrogens (primary N) is 3. The molecule has 33 heavy (non-hydrogen) atoms. The van der Waals surface area contributed by atoms with Crippen molar-refractivity contribution in [2.45, 2.75) is 18.9 Å². The lowest BCUT2D eigenvalue weighted by molar-refractivity contribution is 0.159. The van der Waals surface area contributed by atoms with Crippen LogP contribution in [0.3, 0.4) is 0 Å². The highest BCUT2D eigenvalue weighted by Gasteiger charge is 2.25. The van der Waals surface area contributed by atoms with Gasteiger partial charge in [0.2, 0.25) is 5.82 Å². The van der Waals surface area contributed by atoms with Crippen LogP contribution in [-0.2, 0) is 0 Å². The minimum absolute atomic E-state index is 0.0822. The van der Waals surface area contributed by atoms with Gasteiger partial charge in [0.15, 0.2) is 17.4 Å². The molecule has 1 aliphatic heterocycles. The lowest BCUT2D eigenvalue weighted by atomic mass is 10.0. The minimum atomic E-state index is -1.19. The van der Waals surface area contributed by atoms with Crippen molar-refractivity contribution in [3.05, 3.63) is 71.9 Å². The van der Waals surface area contributed by atoms with Crippen molar-refractivity contribution in [2.24, 2.45) is 16.8 Å². The summed E-state index contributed by atoms with van der Waals surface area (Å²) in [6, 6.07) is 13.8. The number of anilines is 2. The van der Waals surface area contributed by atoms with Crippen LogP contribution in [0.4, 0.5) is 20.3 Å². The van der Waals surface area contributed by atoms with Crippen LogP contribution in [0.2, 0.25) is 0 Å². The molecule has 8 nitrogen and oxygen atoms in total. The van der Waals surface area contributed by atoms with Gasteiger partial charge < -0.3 is 21.6 Å². The number of aromatic nitrogens is 1. The van der Waals surface area contributed by atoms with Gasteiger partial charge in [0.1, 0.15) is 11.9 Å². The molecular formula is C23H25F2N7O. The number of hydrazone groups is 1. The quantitative estimate of drug-likeness (QED) is 0.202. The van der Waals surface area contributed by atoms with E-state index in [4.69, 9.17) is 22.2 Å². The molecule has 1 saturated heterocycles. The maximum atomic E-state index is 15.0. The molecule has 0 amide bonds. The van der Waals surface area contributed by atoms with Crippen LogP contribution in [-0.4, -0.2) is 30.0 Å². The maximum absolute atomic E-state index is 15.0. The van der Waals surface area contributed by atoms with Gasteiger partial charge in [0, 0.05) is 18.3 Å². The second-order valence-electron chi connectivity index (χ2n) is 7.64. The van der Waals surface area contributed by atoms with Crippen LogP contribution in [0.25, 0.3) is 11.1 Å². The molecule has 7 N–H and O–H groups in total. The number of nitrogen functional groups attached to an aromatic ring is 1. The van der Waals surface area contributed by atoms with E-state index >= 15 is 0 Å². The summed E-state index contributed by atoms with van der Waals surface area (Å²) >= 11 is 0. The zero-order valence-corrected chi connectivity index (χ0v) is 17.8. The van der Waals surface area contributed by atoms with Crippen molar-refractivity contribution in [2.75, 3.05) is 23.8 Å². The van der Waals surface area contributed by atoms with Crippen molar-refractivity contribution in [3.63, 3.8) is 0 Å². The molecule has 0 saturated carbocycles. The Morgan fingerprint density at radius 1 is 1.12 bits per heavy atom. The van der Waals surface area contributed by atoms with Gasteiger partial charge >= 0.3 is 0 Å². The van der Waals surface area contributed by atoms with Gasteiger partial charge in [-0.3, -0.25) is 5.01 Å². The number of pyridine rings is 1. The van der Waals surface area contributed by atoms with Crippen LogP contribution in [0.15, 0.2) is 59.8 Å². The normalized spacial score (nSPS) is 16.5. The summed E-state index contributed by atoms with van der Waals surface area (Å²) in [4.78, 5) is 4.18. The number of benzene rings is 2. The Morgan fingerprint density at radius 2 is 1.91 bits per heavy atom. The zero-order valence-electron chi connectivity index (χ0n) is 17.8. The van der Waals surface area contributed by atoms with E-state index in [1.165, 1.54) is 12.1 Å². The van der Waals surface area contributed by atoms with Crippen LogP contribution in [0.1, 0.15) is 18.4 Å². The van der Waals surface area contributed by atoms with Crippen LogP contribution in [0.5, 0.6) is 5.75 Å². The molecular weight excluding hydrogens is 428 g/mol. The summed E-state index contributed by atoms with van der Waals surface area (Å²) in [7, 11) is 0. The van der Waals surface area contributed by atoms with Crippen LogP contribution in [0, 0.1) is 11.6 Å². The van der Waals surface area contributed by atoms with Gasteiger partial charge in [0.05, 0.1) is 11.3 Å².